The Hall–Kier alpha value is -1.62. The number of urea groups is 1. The van der Waals surface area contributed by atoms with Gasteiger partial charge in [0.05, 0.1) is 6.04 Å². The first-order valence-electron chi connectivity index (χ1n) is 4.69. The Kier molecular flexibility index (Phi) is 4.72. The summed E-state index contributed by atoms with van der Waals surface area (Å²) < 4.78 is 0. The van der Waals surface area contributed by atoms with Gasteiger partial charge in [0.1, 0.15) is 5.88 Å². The highest BCUT2D eigenvalue weighted by Crippen LogP contribution is 2.09. The van der Waals surface area contributed by atoms with Gasteiger partial charge in [0.2, 0.25) is 5.91 Å². The molecule has 0 aromatic carbocycles. The topological polar surface area (TPSA) is 71.1 Å². The monoisotopic (exact) mass is 241 g/mol. The molecule has 3 amide bonds. The Morgan fingerprint density at radius 3 is 2.62 bits per heavy atom. The second-order valence-electron chi connectivity index (χ2n) is 3.16. The van der Waals surface area contributed by atoms with Crippen molar-refractivity contribution < 1.29 is 9.59 Å². The summed E-state index contributed by atoms with van der Waals surface area (Å²) >= 11 is 5.25. The van der Waals surface area contributed by atoms with Crippen LogP contribution in [0.5, 0.6) is 0 Å². The maximum absolute atomic E-state index is 11.3. The van der Waals surface area contributed by atoms with E-state index in [1.807, 2.05) is 0 Å². The number of hydrogen-bond acceptors (Lipinski definition) is 3. The van der Waals surface area contributed by atoms with Crippen LogP contribution >= 0.6 is 11.6 Å². The summed E-state index contributed by atoms with van der Waals surface area (Å²) in [7, 11) is 0. The van der Waals surface area contributed by atoms with E-state index in [2.05, 4.69) is 15.6 Å². The maximum atomic E-state index is 11.3. The summed E-state index contributed by atoms with van der Waals surface area (Å²) in [4.78, 5) is 26.0. The van der Waals surface area contributed by atoms with Gasteiger partial charge in [-0.2, -0.15) is 0 Å². The summed E-state index contributed by atoms with van der Waals surface area (Å²) in [6.45, 7) is 1.81. The number of carbonyl (C=O) groups is 2. The minimum Gasteiger partial charge on any atom is -0.331 e. The van der Waals surface area contributed by atoms with Crippen LogP contribution in [0.15, 0.2) is 24.5 Å². The second kappa shape index (κ2) is 6.07. The third kappa shape index (κ3) is 3.86. The maximum Gasteiger partial charge on any atom is 0.321 e. The largest absolute Gasteiger partial charge is 0.331 e. The third-order valence-corrected chi connectivity index (χ3v) is 2.17. The molecule has 0 aliphatic rings. The molecule has 1 heterocycles. The molecule has 1 rings (SSSR count). The molecule has 1 aromatic rings. The first-order valence-corrected chi connectivity index (χ1v) is 5.23. The van der Waals surface area contributed by atoms with Crippen molar-refractivity contribution in [2.75, 3.05) is 5.88 Å². The normalized spacial score (nSPS) is 11.6. The zero-order chi connectivity index (χ0) is 12.0. The van der Waals surface area contributed by atoms with E-state index in [-0.39, 0.29) is 11.9 Å². The Bertz CT molecular complexity index is 370. The number of carbonyl (C=O) groups excluding carboxylic acids is 2. The van der Waals surface area contributed by atoms with E-state index in [0.717, 1.165) is 5.56 Å². The van der Waals surface area contributed by atoms with Gasteiger partial charge in [-0.1, -0.05) is 0 Å². The van der Waals surface area contributed by atoms with Crippen molar-refractivity contribution in [3.8, 4) is 0 Å². The van der Waals surface area contributed by atoms with Gasteiger partial charge in [-0.25, -0.2) is 4.79 Å². The molecule has 1 aromatic heterocycles. The van der Waals surface area contributed by atoms with Crippen molar-refractivity contribution in [1.29, 1.82) is 0 Å². The molecule has 16 heavy (non-hydrogen) atoms. The molecular weight excluding hydrogens is 230 g/mol. The number of alkyl halides is 1. The number of nitrogens with zero attached hydrogens (tertiary/aromatic N) is 1. The minimum absolute atomic E-state index is 0.203. The molecule has 0 radical (unpaired) electrons. The molecule has 0 bridgehead atoms. The van der Waals surface area contributed by atoms with Crippen molar-refractivity contribution in [2.24, 2.45) is 0 Å². The zero-order valence-electron chi connectivity index (χ0n) is 8.74. The van der Waals surface area contributed by atoms with Gasteiger partial charge in [0.15, 0.2) is 0 Å². The molecule has 86 valence electrons. The summed E-state index contributed by atoms with van der Waals surface area (Å²) in [5, 5.41) is 4.70. The number of imide groups is 1. The van der Waals surface area contributed by atoms with Crippen LogP contribution < -0.4 is 10.6 Å². The average molecular weight is 242 g/mol. The van der Waals surface area contributed by atoms with Gasteiger partial charge in [-0.3, -0.25) is 15.1 Å². The van der Waals surface area contributed by atoms with Crippen LogP contribution in [-0.2, 0) is 4.79 Å². The van der Waals surface area contributed by atoms with Gasteiger partial charge in [0.25, 0.3) is 0 Å². The Morgan fingerprint density at radius 1 is 1.44 bits per heavy atom. The predicted molar refractivity (Wildman–Crippen MR) is 60.0 cm³/mol. The molecule has 0 aliphatic carbocycles. The van der Waals surface area contributed by atoms with Crippen molar-refractivity contribution in [3.63, 3.8) is 0 Å². The lowest BCUT2D eigenvalue weighted by Crippen LogP contribution is -2.41. The van der Waals surface area contributed by atoms with Gasteiger partial charge in [-0.05, 0) is 24.6 Å². The van der Waals surface area contributed by atoms with Crippen LogP contribution in [-0.4, -0.2) is 22.8 Å². The number of aromatic nitrogens is 1. The van der Waals surface area contributed by atoms with Crippen molar-refractivity contribution in [3.05, 3.63) is 30.1 Å². The van der Waals surface area contributed by atoms with Crippen molar-refractivity contribution >= 4 is 23.5 Å². The number of amides is 3. The standard InChI is InChI=1S/C10H12ClN3O2/c1-7(8-2-4-12-5-3-8)13-10(16)14-9(15)6-11/h2-5,7H,6H2,1H3,(H2,13,14,15,16). The molecule has 1 unspecified atom stereocenters. The first-order chi connectivity index (χ1) is 7.63. The zero-order valence-corrected chi connectivity index (χ0v) is 9.49. The van der Waals surface area contributed by atoms with Crippen LogP contribution in [0.1, 0.15) is 18.5 Å². The summed E-state index contributed by atoms with van der Waals surface area (Å²) in [5.74, 6) is -0.766. The smallest absolute Gasteiger partial charge is 0.321 e. The van der Waals surface area contributed by atoms with Crippen LogP contribution in [0.4, 0.5) is 4.79 Å². The number of rotatable bonds is 3. The lowest BCUT2D eigenvalue weighted by Gasteiger charge is -2.13. The van der Waals surface area contributed by atoms with Crippen LogP contribution in [0.25, 0.3) is 0 Å². The Balaban J connectivity index is 2.49. The second-order valence-corrected chi connectivity index (χ2v) is 3.42. The Morgan fingerprint density at radius 2 is 2.06 bits per heavy atom. The number of nitrogens with one attached hydrogen (secondary N) is 2. The predicted octanol–water partition coefficient (Wildman–Crippen LogP) is 1.21. The SMILES string of the molecule is CC(NC(=O)NC(=O)CCl)c1ccncc1. The molecular formula is C10H12ClN3O2. The Labute approximate surface area is 98.2 Å². The van der Waals surface area contributed by atoms with E-state index >= 15 is 0 Å². The van der Waals surface area contributed by atoms with E-state index in [1.54, 1.807) is 31.5 Å². The molecule has 2 N–H and O–H groups in total. The van der Waals surface area contributed by atoms with Gasteiger partial charge in [0, 0.05) is 12.4 Å². The van der Waals surface area contributed by atoms with Gasteiger partial charge < -0.3 is 5.32 Å². The number of halogens is 1. The fourth-order valence-corrected chi connectivity index (χ4v) is 1.20. The van der Waals surface area contributed by atoms with E-state index < -0.39 is 11.9 Å². The molecule has 1 atom stereocenters. The van der Waals surface area contributed by atoms with Crippen LogP contribution in [0, 0.1) is 0 Å². The molecule has 0 spiro atoms. The van der Waals surface area contributed by atoms with E-state index in [4.69, 9.17) is 11.6 Å². The first kappa shape index (κ1) is 12.4. The van der Waals surface area contributed by atoms with Crippen molar-refractivity contribution in [1.82, 2.24) is 15.6 Å². The third-order valence-electron chi connectivity index (χ3n) is 1.93. The minimum atomic E-state index is -0.560. The highest BCUT2D eigenvalue weighted by molar-refractivity contribution is 6.28. The molecule has 0 saturated heterocycles. The van der Waals surface area contributed by atoms with E-state index in [1.165, 1.54) is 0 Å². The van der Waals surface area contributed by atoms with Crippen molar-refractivity contribution in [2.45, 2.75) is 13.0 Å². The average Bonchev–Trinajstić information content (AvgIpc) is 2.29. The molecule has 0 aliphatic heterocycles. The number of hydrogen-bond donors (Lipinski definition) is 2. The fraction of sp³-hybridized carbons (Fsp3) is 0.300. The molecule has 5 nitrogen and oxygen atoms in total. The molecule has 6 heteroatoms. The summed E-state index contributed by atoms with van der Waals surface area (Å²) in [6, 6.07) is 2.81. The highest BCUT2D eigenvalue weighted by Gasteiger charge is 2.10. The lowest BCUT2D eigenvalue weighted by molar-refractivity contribution is -0.117. The number of pyridine rings is 1. The lowest BCUT2D eigenvalue weighted by atomic mass is 10.1. The van der Waals surface area contributed by atoms with Gasteiger partial charge in [-0.15, -0.1) is 11.6 Å². The summed E-state index contributed by atoms with van der Waals surface area (Å²) in [5.41, 5.74) is 0.906. The molecule has 0 fully saturated rings. The van der Waals surface area contributed by atoms with Gasteiger partial charge >= 0.3 is 6.03 Å². The van der Waals surface area contributed by atoms with E-state index in [0.29, 0.717) is 0 Å². The fourth-order valence-electron chi connectivity index (χ4n) is 1.13. The summed E-state index contributed by atoms with van der Waals surface area (Å²) in [6.07, 6.45) is 3.27. The quantitative estimate of drug-likeness (QED) is 0.782. The van der Waals surface area contributed by atoms with Crippen LogP contribution in [0.3, 0.4) is 0 Å². The van der Waals surface area contributed by atoms with Crippen LogP contribution in [0.2, 0.25) is 0 Å². The van der Waals surface area contributed by atoms with E-state index in [9.17, 15) is 9.59 Å². The molecule has 0 saturated carbocycles. The highest BCUT2D eigenvalue weighted by atomic mass is 35.5.